The average molecular weight is 486 g/mol. The Morgan fingerprint density at radius 3 is 2.49 bits per heavy atom. The maximum absolute atomic E-state index is 13.2. The number of phenols is 1. The third kappa shape index (κ3) is 4.90. The number of nitrogens with zero attached hydrogens (tertiary/aromatic N) is 2. The van der Waals surface area contributed by atoms with Crippen molar-refractivity contribution in [1.29, 1.82) is 0 Å². The van der Waals surface area contributed by atoms with Gasteiger partial charge in [0, 0.05) is 17.5 Å². The van der Waals surface area contributed by atoms with Gasteiger partial charge in [0.1, 0.15) is 22.7 Å². The van der Waals surface area contributed by atoms with Crippen LogP contribution in [0.15, 0.2) is 52.9 Å². The van der Waals surface area contributed by atoms with Gasteiger partial charge in [0.25, 0.3) is 5.91 Å². The molecule has 2 heterocycles. The Labute approximate surface area is 197 Å². The highest BCUT2D eigenvalue weighted by Gasteiger charge is 2.33. The van der Waals surface area contributed by atoms with Crippen LogP contribution in [0.3, 0.4) is 0 Å². The third-order valence-corrected chi connectivity index (χ3v) is 5.23. The van der Waals surface area contributed by atoms with Crippen LogP contribution < -0.4 is 15.8 Å². The lowest BCUT2D eigenvalue weighted by Crippen LogP contribution is -2.25. The summed E-state index contributed by atoms with van der Waals surface area (Å²) in [6.45, 7) is 1.78. The summed E-state index contributed by atoms with van der Waals surface area (Å²) in [7, 11) is 1.33. The zero-order valence-electron chi connectivity index (χ0n) is 18.7. The number of benzene rings is 2. The summed E-state index contributed by atoms with van der Waals surface area (Å²) >= 11 is 0. The van der Waals surface area contributed by atoms with Gasteiger partial charge in [-0.2, -0.15) is 13.2 Å². The number of aromatic nitrogens is 2. The number of hydrogen-bond donors (Lipinski definition) is 3. The monoisotopic (exact) mass is 486 g/mol. The van der Waals surface area contributed by atoms with Gasteiger partial charge in [-0.1, -0.05) is 12.1 Å². The minimum atomic E-state index is -4.64. The van der Waals surface area contributed by atoms with Gasteiger partial charge in [0.15, 0.2) is 11.5 Å². The molecule has 182 valence electrons. The van der Waals surface area contributed by atoms with Gasteiger partial charge in [-0.3, -0.25) is 4.79 Å². The van der Waals surface area contributed by atoms with E-state index >= 15 is 0 Å². The van der Waals surface area contributed by atoms with Crippen molar-refractivity contribution in [3.05, 3.63) is 71.2 Å². The van der Waals surface area contributed by atoms with E-state index in [2.05, 4.69) is 15.3 Å². The molecule has 1 atom stereocenters. The second kappa shape index (κ2) is 9.26. The molecule has 0 spiro atoms. The second-order valence-electron chi connectivity index (χ2n) is 7.78. The number of nitrogens with one attached hydrogen (secondary N) is 1. The van der Waals surface area contributed by atoms with E-state index in [0.717, 1.165) is 11.6 Å². The number of ether oxygens (including phenoxy) is 1. The first-order valence-electron chi connectivity index (χ1n) is 10.5. The van der Waals surface area contributed by atoms with Crippen molar-refractivity contribution in [2.24, 2.45) is 5.73 Å². The SMILES string of the molecule is COc1ccc(-c2nc(C(=O)NCc3ccc(O)cc3)c([C@H](C)N)o2)c2ccc(C(F)(F)F)nc12. The van der Waals surface area contributed by atoms with Crippen LogP contribution in [0.5, 0.6) is 11.5 Å². The number of aromatic hydroxyl groups is 1. The van der Waals surface area contributed by atoms with Crippen LogP contribution >= 0.6 is 0 Å². The van der Waals surface area contributed by atoms with E-state index < -0.39 is 23.8 Å². The maximum atomic E-state index is 13.2. The van der Waals surface area contributed by atoms with Crippen LogP contribution in [-0.4, -0.2) is 28.1 Å². The van der Waals surface area contributed by atoms with Gasteiger partial charge < -0.3 is 25.3 Å². The second-order valence-corrected chi connectivity index (χ2v) is 7.78. The molecule has 0 saturated carbocycles. The van der Waals surface area contributed by atoms with Crippen molar-refractivity contribution in [1.82, 2.24) is 15.3 Å². The van der Waals surface area contributed by atoms with Crippen LogP contribution in [0.4, 0.5) is 13.2 Å². The standard InChI is InChI=1S/C24H21F3N4O4/c1-12(28)21-20(22(33)29-11-13-3-5-14(32)6-4-13)31-23(35-21)16-7-9-17(34-2)19-15(16)8-10-18(30-19)24(25,26)27/h3-10,12,32H,11,28H2,1-2H3,(H,29,33)/t12-/m0/s1. The van der Waals surface area contributed by atoms with Crippen molar-refractivity contribution < 1.29 is 32.2 Å². The van der Waals surface area contributed by atoms with Crippen LogP contribution in [0, 0.1) is 0 Å². The lowest BCUT2D eigenvalue weighted by atomic mass is 10.1. The molecule has 0 unspecified atom stereocenters. The number of carbonyl (C=O) groups excluding carboxylic acids is 1. The summed E-state index contributed by atoms with van der Waals surface area (Å²) in [5, 5.41) is 12.4. The van der Waals surface area contributed by atoms with Crippen molar-refractivity contribution in [3.63, 3.8) is 0 Å². The first-order valence-corrected chi connectivity index (χ1v) is 10.5. The fourth-order valence-electron chi connectivity index (χ4n) is 3.50. The molecular weight excluding hydrogens is 465 g/mol. The number of alkyl halides is 3. The molecule has 0 saturated heterocycles. The number of carbonyl (C=O) groups is 1. The Hall–Kier alpha value is -4.12. The summed E-state index contributed by atoms with van der Waals surface area (Å²) in [6, 6.07) is 10.7. The maximum Gasteiger partial charge on any atom is 0.433 e. The molecule has 8 nitrogen and oxygen atoms in total. The van der Waals surface area contributed by atoms with E-state index in [1.165, 1.54) is 31.4 Å². The van der Waals surface area contributed by atoms with Crippen LogP contribution in [-0.2, 0) is 12.7 Å². The Balaban J connectivity index is 1.73. The Morgan fingerprint density at radius 2 is 1.86 bits per heavy atom. The quantitative estimate of drug-likeness (QED) is 0.365. The number of pyridine rings is 1. The highest BCUT2D eigenvalue weighted by molar-refractivity contribution is 5.98. The summed E-state index contributed by atoms with van der Waals surface area (Å²) in [4.78, 5) is 20.9. The molecule has 35 heavy (non-hydrogen) atoms. The van der Waals surface area contributed by atoms with Crippen LogP contribution in [0.2, 0.25) is 0 Å². The molecule has 0 aliphatic heterocycles. The summed E-state index contributed by atoms with van der Waals surface area (Å²) in [5.74, 6) is -0.186. The Kier molecular flexibility index (Phi) is 6.35. The normalized spacial score (nSPS) is 12.5. The Morgan fingerprint density at radius 1 is 1.14 bits per heavy atom. The molecular formula is C24H21F3N4O4. The van der Waals surface area contributed by atoms with Crippen molar-refractivity contribution in [3.8, 4) is 23.0 Å². The fourth-order valence-corrected chi connectivity index (χ4v) is 3.50. The highest BCUT2D eigenvalue weighted by Crippen LogP contribution is 2.37. The number of rotatable bonds is 6. The zero-order valence-corrected chi connectivity index (χ0v) is 18.7. The molecule has 0 bridgehead atoms. The first-order chi connectivity index (χ1) is 16.6. The average Bonchev–Trinajstić information content (AvgIpc) is 3.27. The fraction of sp³-hybridized carbons (Fsp3) is 0.208. The number of amides is 1. The van der Waals surface area contributed by atoms with E-state index in [0.29, 0.717) is 10.9 Å². The predicted octanol–water partition coefficient (Wildman–Crippen LogP) is 4.57. The molecule has 0 fully saturated rings. The van der Waals surface area contributed by atoms with Gasteiger partial charge in [-0.05, 0) is 48.9 Å². The molecule has 2 aromatic carbocycles. The summed E-state index contributed by atoms with van der Waals surface area (Å²) < 4.78 is 50.7. The van der Waals surface area contributed by atoms with Gasteiger partial charge in [-0.25, -0.2) is 9.97 Å². The predicted molar refractivity (Wildman–Crippen MR) is 121 cm³/mol. The van der Waals surface area contributed by atoms with Gasteiger partial charge in [0.05, 0.1) is 13.2 Å². The number of halogens is 3. The van der Waals surface area contributed by atoms with E-state index in [4.69, 9.17) is 14.9 Å². The minimum absolute atomic E-state index is 0.00120. The lowest BCUT2D eigenvalue weighted by Gasteiger charge is -2.11. The lowest BCUT2D eigenvalue weighted by molar-refractivity contribution is -0.140. The molecule has 2 aromatic heterocycles. The molecule has 0 radical (unpaired) electrons. The van der Waals surface area contributed by atoms with Crippen molar-refractivity contribution in [2.75, 3.05) is 7.11 Å². The van der Waals surface area contributed by atoms with E-state index in [9.17, 15) is 23.1 Å². The number of fused-ring (bicyclic) bond motifs is 1. The largest absolute Gasteiger partial charge is 0.508 e. The smallest absolute Gasteiger partial charge is 0.433 e. The molecule has 0 aliphatic rings. The van der Waals surface area contributed by atoms with Gasteiger partial charge >= 0.3 is 6.18 Å². The molecule has 1 amide bonds. The third-order valence-electron chi connectivity index (χ3n) is 5.23. The van der Waals surface area contributed by atoms with Crippen molar-refractivity contribution in [2.45, 2.75) is 25.7 Å². The van der Waals surface area contributed by atoms with Crippen molar-refractivity contribution >= 4 is 16.8 Å². The van der Waals surface area contributed by atoms with Gasteiger partial charge in [0.2, 0.25) is 5.89 Å². The van der Waals surface area contributed by atoms with Crippen LogP contribution in [0.25, 0.3) is 22.4 Å². The van der Waals surface area contributed by atoms with E-state index in [1.54, 1.807) is 25.1 Å². The summed E-state index contributed by atoms with van der Waals surface area (Å²) in [5.41, 5.74) is 5.92. The number of nitrogens with two attached hydrogens (primary N) is 1. The highest BCUT2D eigenvalue weighted by atomic mass is 19.4. The minimum Gasteiger partial charge on any atom is -0.508 e. The number of oxazole rings is 1. The first kappa shape index (κ1) is 24.0. The number of hydrogen-bond acceptors (Lipinski definition) is 7. The molecule has 4 rings (SSSR count). The Bertz CT molecular complexity index is 1380. The number of methoxy groups -OCH3 is 1. The van der Waals surface area contributed by atoms with E-state index in [1.807, 2.05) is 0 Å². The summed E-state index contributed by atoms with van der Waals surface area (Å²) in [6.07, 6.45) is -4.64. The molecule has 0 aliphatic carbocycles. The molecule has 11 heteroatoms. The topological polar surface area (TPSA) is 124 Å². The van der Waals surface area contributed by atoms with E-state index in [-0.39, 0.29) is 40.9 Å². The molecule has 4 N–H and O–H groups in total. The zero-order chi connectivity index (χ0) is 25.3. The number of phenolic OH excluding ortho intramolecular Hbond substituents is 1. The molecule has 4 aromatic rings. The van der Waals surface area contributed by atoms with Crippen LogP contribution in [0.1, 0.15) is 40.5 Å². The van der Waals surface area contributed by atoms with Gasteiger partial charge in [-0.15, -0.1) is 0 Å².